The third-order valence-corrected chi connectivity index (χ3v) is 4.67. The highest BCUT2D eigenvalue weighted by Gasteiger charge is 2.25. The molecular weight excluding hydrogens is 312 g/mol. The van der Waals surface area contributed by atoms with E-state index in [0.717, 1.165) is 17.7 Å². The summed E-state index contributed by atoms with van der Waals surface area (Å²) in [6.07, 6.45) is 1.31. The second kappa shape index (κ2) is 8.17. The third kappa shape index (κ3) is 4.60. The van der Waals surface area contributed by atoms with Gasteiger partial charge in [-0.1, -0.05) is 42.5 Å². The van der Waals surface area contributed by atoms with Gasteiger partial charge in [0.25, 0.3) is 0 Å². The van der Waals surface area contributed by atoms with Crippen molar-refractivity contribution in [3.8, 4) is 0 Å². The van der Waals surface area contributed by atoms with Crippen LogP contribution < -0.4 is 4.90 Å². The lowest BCUT2D eigenvalue weighted by molar-refractivity contribution is -0.139. The second-order valence-corrected chi connectivity index (χ2v) is 6.67. The summed E-state index contributed by atoms with van der Waals surface area (Å²) in [6.45, 7) is 1.91. The van der Waals surface area contributed by atoms with Crippen molar-refractivity contribution in [2.75, 3.05) is 38.7 Å². The first kappa shape index (κ1) is 17.5. The fraction of sp³-hybridized carbons (Fsp3) is 0.381. The highest BCUT2D eigenvalue weighted by atomic mass is 16.5. The molecule has 4 heteroatoms. The van der Waals surface area contributed by atoms with E-state index in [4.69, 9.17) is 4.74 Å². The SMILES string of the molecule is CN(C)c1ccc(C2CN(C(=O)CCc3ccccc3)CCO2)cc1. The van der Waals surface area contributed by atoms with Gasteiger partial charge in [-0.05, 0) is 29.7 Å². The van der Waals surface area contributed by atoms with Crippen LogP contribution >= 0.6 is 0 Å². The summed E-state index contributed by atoms with van der Waals surface area (Å²) in [5, 5.41) is 0. The Morgan fingerprint density at radius 3 is 2.52 bits per heavy atom. The van der Waals surface area contributed by atoms with Crippen LogP contribution in [0.25, 0.3) is 0 Å². The number of anilines is 1. The quantitative estimate of drug-likeness (QED) is 0.839. The van der Waals surface area contributed by atoms with Crippen molar-refractivity contribution in [3.63, 3.8) is 0 Å². The maximum absolute atomic E-state index is 12.6. The minimum absolute atomic E-state index is 0.0364. The molecule has 1 aliphatic rings. The van der Waals surface area contributed by atoms with Crippen molar-refractivity contribution < 1.29 is 9.53 Å². The van der Waals surface area contributed by atoms with E-state index in [9.17, 15) is 4.79 Å². The van der Waals surface area contributed by atoms with Gasteiger partial charge in [-0.25, -0.2) is 0 Å². The summed E-state index contributed by atoms with van der Waals surface area (Å²) in [5.41, 5.74) is 3.50. The van der Waals surface area contributed by atoms with Crippen molar-refractivity contribution in [1.82, 2.24) is 4.90 Å². The normalized spacial score (nSPS) is 17.4. The van der Waals surface area contributed by atoms with Gasteiger partial charge in [0.1, 0.15) is 6.10 Å². The summed E-state index contributed by atoms with van der Waals surface area (Å²) in [5.74, 6) is 0.210. The lowest BCUT2D eigenvalue weighted by atomic mass is 10.1. The topological polar surface area (TPSA) is 32.8 Å². The lowest BCUT2D eigenvalue weighted by Crippen LogP contribution is -2.42. The molecule has 4 nitrogen and oxygen atoms in total. The summed E-state index contributed by atoms with van der Waals surface area (Å²) in [7, 11) is 4.05. The molecule has 1 aliphatic heterocycles. The van der Waals surface area contributed by atoms with Crippen LogP contribution in [0.4, 0.5) is 5.69 Å². The van der Waals surface area contributed by atoms with E-state index in [1.54, 1.807) is 0 Å². The Hall–Kier alpha value is -2.33. The molecule has 132 valence electrons. The molecule has 0 spiro atoms. The molecule has 3 rings (SSSR count). The molecule has 0 radical (unpaired) electrons. The molecule has 25 heavy (non-hydrogen) atoms. The Morgan fingerprint density at radius 1 is 1.12 bits per heavy atom. The summed E-state index contributed by atoms with van der Waals surface area (Å²) >= 11 is 0. The monoisotopic (exact) mass is 338 g/mol. The Balaban J connectivity index is 1.57. The average Bonchev–Trinajstić information content (AvgIpc) is 2.67. The van der Waals surface area contributed by atoms with Crippen molar-refractivity contribution in [2.24, 2.45) is 0 Å². The van der Waals surface area contributed by atoms with Crippen molar-refractivity contribution in [2.45, 2.75) is 18.9 Å². The number of hydrogen-bond acceptors (Lipinski definition) is 3. The van der Waals surface area contributed by atoms with Gasteiger partial charge in [0.2, 0.25) is 5.91 Å². The van der Waals surface area contributed by atoms with E-state index >= 15 is 0 Å². The molecular formula is C21H26N2O2. The van der Waals surface area contributed by atoms with Gasteiger partial charge in [0.05, 0.1) is 13.2 Å². The Kier molecular flexibility index (Phi) is 5.71. The second-order valence-electron chi connectivity index (χ2n) is 6.67. The molecule has 1 atom stereocenters. The summed E-state index contributed by atoms with van der Waals surface area (Å²) in [6, 6.07) is 18.5. The lowest BCUT2D eigenvalue weighted by Gasteiger charge is -2.33. The molecule has 2 aromatic carbocycles. The summed E-state index contributed by atoms with van der Waals surface area (Å²) in [4.78, 5) is 16.6. The smallest absolute Gasteiger partial charge is 0.223 e. The van der Waals surface area contributed by atoms with Gasteiger partial charge in [-0.3, -0.25) is 4.79 Å². The fourth-order valence-corrected chi connectivity index (χ4v) is 3.12. The van der Waals surface area contributed by atoms with Gasteiger partial charge in [-0.15, -0.1) is 0 Å². The highest BCUT2D eigenvalue weighted by Crippen LogP contribution is 2.24. The van der Waals surface area contributed by atoms with Gasteiger partial charge < -0.3 is 14.5 Å². The van der Waals surface area contributed by atoms with E-state index in [1.807, 2.05) is 37.2 Å². The highest BCUT2D eigenvalue weighted by molar-refractivity contribution is 5.76. The largest absolute Gasteiger partial charge is 0.378 e. The number of carbonyl (C=O) groups is 1. The van der Waals surface area contributed by atoms with Crippen molar-refractivity contribution in [3.05, 3.63) is 65.7 Å². The van der Waals surface area contributed by atoms with E-state index in [0.29, 0.717) is 26.1 Å². The van der Waals surface area contributed by atoms with Crippen LogP contribution in [0.3, 0.4) is 0 Å². The fourth-order valence-electron chi connectivity index (χ4n) is 3.12. The van der Waals surface area contributed by atoms with Crippen LogP contribution in [0, 0.1) is 0 Å². The molecule has 0 bridgehead atoms. The van der Waals surface area contributed by atoms with Gasteiger partial charge in [-0.2, -0.15) is 0 Å². The Bertz CT molecular complexity index is 683. The first-order valence-electron chi connectivity index (χ1n) is 8.84. The average molecular weight is 338 g/mol. The van der Waals surface area contributed by atoms with Crippen LogP contribution in [0.1, 0.15) is 23.7 Å². The van der Waals surface area contributed by atoms with E-state index in [2.05, 4.69) is 41.3 Å². The maximum Gasteiger partial charge on any atom is 0.223 e. The minimum Gasteiger partial charge on any atom is -0.378 e. The molecule has 1 saturated heterocycles. The number of aryl methyl sites for hydroxylation is 1. The first-order valence-corrected chi connectivity index (χ1v) is 8.84. The Morgan fingerprint density at radius 2 is 1.84 bits per heavy atom. The number of benzene rings is 2. The van der Waals surface area contributed by atoms with E-state index in [1.165, 1.54) is 5.56 Å². The molecule has 1 unspecified atom stereocenters. The van der Waals surface area contributed by atoms with E-state index in [-0.39, 0.29) is 12.0 Å². The molecule has 0 N–H and O–H groups in total. The number of morpholine rings is 1. The molecule has 0 aliphatic carbocycles. The van der Waals surface area contributed by atoms with E-state index < -0.39 is 0 Å². The predicted octanol–water partition coefficient (Wildman–Crippen LogP) is 3.29. The van der Waals surface area contributed by atoms with Crippen LogP contribution in [-0.2, 0) is 16.0 Å². The number of ether oxygens (including phenoxy) is 1. The molecule has 0 aromatic heterocycles. The zero-order chi connectivity index (χ0) is 17.6. The molecule has 0 saturated carbocycles. The maximum atomic E-state index is 12.6. The van der Waals surface area contributed by atoms with Gasteiger partial charge in [0, 0.05) is 32.7 Å². The number of nitrogens with zero attached hydrogens (tertiary/aromatic N) is 2. The molecule has 1 amide bonds. The first-order chi connectivity index (χ1) is 12.1. The van der Waals surface area contributed by atoms with Gasteiger partial charge >= 0.3 is 0 Å². The minimum atomic E-state index is -0.0364. The Labute approximate surface area is 150 Å². The number of hydrogen-bond donors (Lipinski definition) is 0. The van der Waals surface area contributed by atoms with Crippen LogP contribution in [0.15, 0.2) is 54.6 Å². The zero-order valence-electron chi connectivity index (χ0n) is 15.0. The third-order valence-electron chi connectivity index (χ3n) is 4.67. The molecule has 1 heterocycles. The standard InChI is InChI=1S/C21H26N2O2/c1-22(2)19-11-9-18(10-12-19)20-16-23(14-15-25-20)21(24)13-8-17-6-4-3-5-7-17/h3-7,9-12,20H,8,13-16H2,1-2H3. The van der Waals surface area contributed by atoms with Crippen LogP contribution in [0.2, 0.25) is 0 Å². The predicted molar refractivity (Wildman–Crippen MR) is 101 cm³/mol. The number of carbonyl (C=O) groups excluding carboxylic acids is 1. The summed E-state index contributed by atoms with van der Waals surface area (Å²) < 4.78 is 5.90. The van der Waals surface area contributed by atoms with Crippen molar-refractivity contribution >= 4 is 11.6 Å². The van der Waals surface area contributed by atoms with Gasteiger partial charge in [0.15, 0.2) is 0 Å². The van der Waals surface area contributed by atoms with Crippen LogP contribution in [0.5, 0.6) is 0 Å². The van der Waals surface area contributed by atoms with Crippen molar-refractivity contribution in [1.29, 1.82) is 0 Å². The number of rotatable bonds is 5. The zero-order valence-corrected chi connectivity index (χ0v) is 15.0. The molecule has 1 fully saturated rings. The molecule has 2 aromatic rings. The number of amides is 1. The van der Waals surface area contributed by atoms with Crippen LogP contribution in [-0.4, -0.2) is 44.6 Å².